The molecule has 1 aromatic carbocycles. The molecule has 3 unspecified atom stereocenters. The van der Waals surface area contributed by atoms with Crippen molar-refractivity contribution in [1.82, 2.24) is 14.9 Å². The number of benzene rings is 1. The summed E-state index contributed by atoms with van der Waals surface area (Å²) in [6.07, 6.45) is 3.91. The minimum Gasteiger partial charge on any atom is -0.379 e. The molecule has 9 heteroatoms. The number of nitrogens with zero attached hydrogens (tertiary/aromatic N) is 2. The van der Waals surface area contributed by atoms with E-state index in [4.69, 9.17) is 9.47 Å². The maximum atomic E-state index is 12.8. The third-order valence-corrected chi connectivity index (χ3v) is 7.75. The molecule has 0 aromatic heterocycles. The van der Waals surface area contributed by atoms with E-state index in [1.165, 1.54) is 4.31 Å². The molecular weight excluding hydrogens is 392 g/mol. The van der Waals surface area contributed by atoms with Gasteiger partial charge < -0.3 is 20.1 Å². The fourth-order valence-electron chi connectivity index (χ4n) is 4.32. The summed E-state index contributed by atoms with van der Waals surface area (Å²) in [5.74, 6) is 0.717. The second-order valence-corrected chi connectivity index (χ2v) is 9.79. The van der Waals surface area contributed by atoms with Gasteiger partial charge in [-0.25, -0.2) is 8.42 Å². The molecule has 3 heterocycles. The Morgan fingerprint density at radius 2 is 1.97 bits per heavy atom. The smallest absolute Gasteiger partial charge is 0.218 e. The molecule has 3 aliphatic rings. The number of sulfonamides is 1. The third kappa shape index (κ3) is 4.91. The number of ether oxygens (including phenoxy) is 2. The molecule has 160 valence electrons. The van der Waals surface area contributed by atoms with Crippen LogP contribution in [0.3, 0.4) is 0 Å². The summed E-state index contributed by atoms with van der Waals surface area (Å²) in [7, 11) is -1.62. The Morgan fingerprint density at radius 3 is 2.62 bits per heavy atom. The van der Waals surface area contributed by atoms with Crippen LogP contribution in [0.1, 0.15) is 30.4 Å². The van der Waals surface area contributed by atoms with Gasteiger partial charge in [0.25, 0.3) is 0 Å². The van der Waals surface area contributed by atoms with E-state index >= 15 is 0 Å². The van der Waals surface area contributed by atoms with Crippen molar-refractivity contribution in [2.24, 2.45) is 4.99 Å². The van der Waals surface area contributed by atoms with E-state index < -0.39 is 10.0 Å². The molecule has 8 nitrogen and oxygen atoms in total. The number of guanidine groups is 1. The largest absolute Gasteiger partial charge is 0.379 e. The van der Waals surface area contributed by atoms with Gasteiger partial charge in [-0.3, -0.25) is 4.99 Å². The highest BCUT2D eigenvalue weighted by molar-refractivity contribution is 7.88. The average Bonchev–Trinajstić information content (AvgIpc) is 3.36. The summed E-state index contributed by atoms with van der Waals surface area (Å²) in [6, 6.07) is 7.95. The van der Waals surface area contributed by atoms with Gasteiger partial charge in [-0.1, -0.05) is 24.3 Å². The highest BCUT2D eigenvalue weighted by atomic mass is 32.2. The maximum Gasteiger partial charge on any atom is 0.218 e. The van der Waals surface area contributed by atoms with E-state index in [1.54, 1.807) is 7.05 Å². The van der Waals surface area contributed by atoms with Gasteiger partial charge in [0.2, 0.25) is 10.0 Å². The van der Waals surface area contributed by atoms with E-state index in [9.17, 15) is 8.42 Å². The van der Waals surface area contributed by atoms with Gasteiger partial charge >= 0.3 is 0 Å². The van der Waals surface area contributed by atoms with Crippen molar-refractivity contribution < 1.29 is 17.9 Å². The fourth-order valence-corrected chi connectivity index (χ4v) is 5.88. The molecule has 0 saturated carbocycles. The van der Waals surface area contributed by atoms with E-state index in [1.807, 2.05) is 24.3 Å². The summed E-state index contributed by atoms with van der Waals surface area (Å²) in [6.45, 7) is 2.26. The highest BCUT2D eigenvalue weighted by Crippen LogP contribution is 2.34. The van der Waals surface area contributed by atoms with Crippen LogP contribution in [0, 0.1) is 0 Å². The van der Waals surface area contributed by atoms with Gasteiger partial charge in [0.1, 0.15) is 0 Å². The van der Waals surface area contributed by atoms with E-state index in [2.05, 4.69) is 15.6 Å². The average molecular weight is 423 g/mol. The van der Waals surface area contributed by atoms with Gasteiger partial charge in [0, 0.05) is 26.7 Å². The zero-order valence-electron chi connectivity index (χ0n) is 16.8. The highest BCUT2D eigenvalue weighted by Gasteiger charge is 2.41. The first-order chi connectivity index (χ1) is 14.0. The van der Waals surface area contributed by atoms with E-state index in [0.717, 1.165) is 36.3 Å². The van der Waals surface area contributed by atoms with Gasteiger partial charge in [0.15, 0.2) is 5.96 Å². The molecular formula is C20H30N4O4S. The molecule has 3 fully saturated rings. The van der Waals surface area contributed by atoms with Crippen LogP contribution in [0.2, 0.25) is 0 Å². The third-order valence-electron chi connectivity index (χ3n) is 5.92. The van der Waals surface area contributed by atoms with Crippen LogP contribution in [-0.4, -0.2) is 70.3 Å². The Kier molecular flexibility index (Phi) is 6.38. The minimum atomic E-state index is -3.36. The van der Waals surface area contributed by atoms with Crippen molar-refractivity contribution in [2.45, 2.75) is 49.8 Å². The van der Waals surface area contributed by atoms with Crippen molar-refractivity contribution in [1.29, 1.82) is 0 Å². The van der Waals surface area contributed by atoms with Gasteiger partial charge in [0.05, 0.1) is 37.2 Å². The summed E-state index contributed by atoms with van der Waals surface area (Å²) < 4.78 is 38.3. The normalized spacial score (nSPS) is 27.9. The monoisotopic (exact) mass is 422 g/mol. The number of nitrogens with one attached hydrogen (secondary N) is 2. The molecule has 29 heavy (non-hydrogen) atoms. The van der Waals surface area contributed by atoms with Crippen LogP contribution in [-0.2, 0) is 31.8 Å². The zero-order valence-corrected chi connectivity index (χ0v) is 17.7. The zero-order chi connectivity index (χ0) is 20.3. The molecule has 3 aliphatic heterocycles. The Bertz CT molecular complexity index is 839. The van der Waals surface area contributed by atoms with Crippen LogP contribution < -0.4 is 10.6 Å². The first-order valence-corrected chi connectivity index (χ1v) is 11.9. The summed E-state index contributed by atoms with van der Waals surface area (Å²) >= 11 is 0. The van der Waals surface area contributed by atoms with E-state index in [0.29, 0.717) is 39.0 Å². The molecule has 4 rings (SSSR count). The molecule has 3 saturated heterocycles. The number of hydrogen-bond donors (Lipinski definition) is 2. The quantitative estimate of drug-likeness (QED) is 0.521. The second-order valence-electron chi connectivity index (χ2n) is 7.82. The summed E-state index contributed by atoms with van der Waals surface area (Å²) in [5.41, 5.74) is 1.77. The van der Waals surface area contributed by atoms with E-state index in [-0.39, 0.29) is 17.9 Å². The van der Waals surface area contributed by atoms with Gasteiger partial charge in [-0.2, -0.15) is 4.31 Å². The Balaban J connectivity index is 1.37. The lowest BCUT2D eigenvalue weighted by molar-refractivity contribution is 0.0729. The van der Waals surface area contributed by atoms with Gasteiger partial charge in [-0.05, 0) is 30.4 Å². The van der Waals surface area contributed by atoms with Crippen LogP contribution in [0.5, 0.6) is 0 Å². The van der Waals surface area contributed by atoms with Crippen LogP contribution >= 0.6 is 0 Å². The number of morpholine rings is 1. The number of hydrogen-bond acceptors (Lipinski definition) is 5. The molecule has 0 spiro atoms. The van der Waals surface area contributed by atoms with Crippen molar-refractivity contribution in [3.8, 4) is 0 Å². The number of fused-ring (bicyclic) bond motifs is 2. The predicted molar refractivity (Wildman–Crippen MR) is 111 cm³/mol. The number of aliphatic imine (C=N–C) groups is 1. The van der Waals surface area contributed by atoms with Crippen molar-refractivity contribution >= 4 is 16.0 Å². The van der Waals surface area contributed by atoms with Crippen molar-refractivity contribution in [3.05, 3.63) is 35.4 Å². The molecule has 2 bridgehead atoms. The molecule has 0 amide bonds. The maximum absolute atomic E-state index is 12.8. The first-order valence-electron chi connectivity index (χ1n) is 10.3. The lowest BCUT2D eigenvalue weighted by atomic mass is 9.96. The molecule has 3 atom stereocenters. The van der Waals surface area contributed by atoms with Crippen LogP contribution in [0.15, 0.2) is 29.3 Å². The first kappa shape index (κ1) is 20.6. The summed E-state index contributed by atoms with van der Waals surface area (Å²) in [4.78, 5) is 4.33. The standard InChI is InChI=1S/C20H30N4O4S/c1-21-20(23-18-12-17-6-7-19(18)28-17)22-13-15-4-2-3-5-16(15)14-29(25,26)24-8-10-27-11-9-24/h2-5,17-19H,6-14H2,1H3,(H2,21,22,23). The molecule has 0 aliphatic carbocycles. The lowest BCUT2D eigenvalue weighted by Crippen LogP contribution is -2.47. The van der Waals surface area contributed by atoms with Gasteiger partial charge in [-0.15, -0.1) is 0 Å². The Morgan fingerprint density at radius 1 is 1.21 bits per heavy atom. The molecule has 1 aromatic rings. The van der Waals surface area contributed by atoms with Crippen molar-refractivity contribution in [2.75, 3.05) is 33.4 Å². The van der Waals surface area contributed by atoms with Crippen LogP contribution in [0.25, 0.3) is 0 Å². The fraction of sp³-hybridized carbons (Fsp3) is 0.650. The van der Waals surface area contributed by atoms with Crippen molar-refractivity contribution in [3.63, 3.8) is 0 Å². The summed E-state index contributed by atoms with van der Waals surface area (Å²) in [5, 5.41) is 6.79. The SMILES string of the molecule is CN=C(NCc1ccccc1CS(=O)(=O)N1CCOCC1)NC1CC2CCC1O2. The Hall–Kier alpha value is -1.68. The molecule has 2 N–H and O–H groups in total. The number of rotatable bonds is 6. The second kappa shape index (κ2) is 8.99. The minimum absolute atomic E-state index is 0.00287. The predicted octanol–water partition coefficient (Wildman–Crippen LogP) is 0.834. The Labute approximate surface area is 172 Å². The topological polar surface area (TPSA) is 92.3 Å². The lowest BCUT2D eigenvalue weighted by Gasteiger charge is -2.26. The molecule has 0 radical (unpaired) electrons. The van der Waals surface area contributed by atoms with Crippen LogP contribution in [0.4, 0.5) is 0 Å².